The van der Waals surface area contributed by atoms with Crippen LogP contribution in [-0.2, 0) is 4.79 Å². The lowest BCUT2D eigenvalue weighted by Gasteiger charge is -2.31. The molecule has 0 atom stereocenters. The number of nitrogens with zero attached hydrogens (tertiary/aromatic N) is 2. The lowest BCUT2D eigenvalue weighted by atomic mass is 10.0. The lowest BCUT2D eigenvalue weighted by Crippen LogP contribution is -2.43. The van der Waals surface area contributed by atoms with E-state index < -0.39 is 0 Å². The molecule has 1 rings (SSSR count). The van der Waals surface area contributed by atoms with E-state index in [1.54, 1.807) is 0 Å². The van der Waals surface area contributed by atoms with Gasteiger partial charge in [-0.3, -0.25) is 9.69 Å². The van der Waals surface area contributed by atoms with E-state index in [1.165, 1.54) is 18.5 Å². The van der Waals surface area contributed by atoms with Gasteiger partial charge < -0.3 is 10.0 Å². The molecule has 1 aliphatic carbocycles. The number of carbonyl (C=O) groups is 1. The highest BCUT2D eigenvalue weighted by Gasteiger charge is 2.21. The van der Waals surface area contributed by atoms with Crippen molar-refractivity contribution in [3.8, 4) is 0 Å². The Hall–Kier alpha value is -0.870. The highest BCUT2D eigenvalue weighted by Crippen LogP contribution is 2.21. The molecule has 0 aromatic carbocycles. The fraction of sp³-hybridized carbons (Fsp3) is 0.812. The molecular weight excluding hydrogens is 252 g/mol. The third-order valence-electron chi connectivity index (χ3n) is 3.90. The molecule has 0 saturated heterocycles. The maximum Gasteiger partial charge on any atom is 0.240 e. The minimum absolute atomic E-state index is 0.181. The van der Waals surface area contributed by atoms with Crippen molar-refractivity contribution in [1.29, 1.82) is 0 Å². The summed E-state index contributed by atoms with van der Waals surface area (Å²) in [6, 6.07) is 0.324. The first kappa shape index (κ1) is 17.2. The van der Waals surface area contributed by atoms with Crippen LogP contribution >= 0.6 is 0 Å². The number of likely N-dealkylation sites (N-methyl/N-ethyl adjacent to an activating group) is 1. The third-order valence-corrected chi connectivity index (χ3v) is 3.90. The Bertz CT molecular complexity index is 326. The molecule has 1 aliphatic rings. The van der Waals surface area contributed by atoms with Gasteiger partial charge in [0.2, 0.25) is 5.91 Å². The average molecular weight is 282 g/mol. The maximum absolute atomic E-state index is 12.5. The summed E-state index contributed by atoms with van der Waals surface area (Å²) in [5.74, 6) is 0.187. The van der Waals surface area contributed by atoms with Crippen molar-refractivity contribution >= 4 is 5.91 Å². The molecular formula is C16H30N2O2. The van der Waals surface area contributed by atoms with Crippen molar-refractivity contribution in [3.63, 3.8) is 0 Å². The van der Waals surface area contributed by atoms with Gasteiger partial charge in [0.05, 0.1) is 6.54 Å². The molecule has 4 heteroatoms. The number of hydrogen-bond acceptors (Lipinski definition) is 3. The van der Waals surface area contributed by atoms with E-state index in [1.807, 2.05) is 11.8 Å². The molecule has 116 valence electrons. The molecule has 0 saturated carbocycles. The standard InChI is InChI=1S/C16H30N2O2/c1-4-18(15-9-6-5-7-10-15)16(20)13-17(14(2)3)11-8-12-19/h9,14,19H,4-8,10-13H2,1-3H3. The van der Waals surface area contributed by atoms with Gasteiger partial charge in [0.1, 0.15) is 0 Å². The van der Waals surface area contributed by atoms with Crippen molar-refractivity contribution in [2.45, 2.75) is 58.9 Å². The smallest absolute Gasteiger partial charge is 0.240 e. The molecule has 1 N–H and O–H groups in total. The second-order valence-corrected chi connectivity index (χ2v) is 5.72. The summed E-state index contributed by atoms with van der Waals surface area (Å²) in [5.41, 5.74) is 1.20. The van der Waals surface area contributed by atoms with Gasteiger partial charge in [0.25, 0.3) is 0 Å². The Morgan fingerprint density at radius 3 is 2.65 bits per heavy atom. The van der Waals surface area contributed by atoms with E-state index >= 15 is 0 Å². The van der Waals surface area contributed by atoms with Gasteiger partial charge in [-0.15, -0.1) is 0 Å². The summed E-state index contributed by atoms with van der Waals surface area (Å²) < 4.78 is 0. The molecule has 0 aromatic rings. The summed E-state index contributed by atoms with van der Waals surface area (Å²) in [4.78, 5) is 16.6. The van der Waals surface area contributed by atoms with Crippen LogP contribution in [0.4, 0.5) is 0 Å². The predicted molar refractivity (Wildman–Crippen MR) is 82.3 cm³/mol. The molecule has 0 bridgehead atoms. The van der Waals surface area contributed by atoms with Crippen LogP contribution in [0.15, 0.2) is 11.8 Å². The summed E-state index contributed by atoms with van der Waals surface area (Å²) >= 11 is 0. The molecule has 0 unspecified atom stereocenters. The number of hydrogen-bond donors (Lipinski definition) is 1. The minimum Gasteiger partial charge on any atom is -0.396 e. The van der Waals surface area contributed by atoms with Crippen LogP contribution in [0.2, 0.25) is 0 Å². The topological polar surface area (TPSA) is 43.8 Å². The highest BCUT2D eigenvalue weighted by molar-refractivity contribution is 5.80. The molecule has 20 heavy (non-hydrogen) atoms. The van der Waals surface area contributed by atoms with Gasteiger partial charge in [-0.2, -0.15) is 0 Å². The van der Waals surface area contributed by atoms with Gasteiger partial charge in [-0.25, -0.2) is 0 Å². The van der Waals surface area contributed by atoms with Crippen LogP contribution in [0.3, 0.4) is 0 Å². The van der Waals surface area contributed by atoms with Gasteiger partial charge in [0.15, 0.2) is 0 Å². The number of carbonyl (C=O) groups excluding carboxylic acids is 1. The molecule has 0 aliphatic heterocycles. The van der Waals surface area contributed by atoms with E-state index in [0.29, 0.717) is 12.6 Å². The van der Waals surface area contributed by atoms with Crippen molar-refractivity contribution < 1.29 is 9.90 Å². The Balaban J connectivity index is 2.62. The first-order chi connectivity index (χ1) is 9.60. The monoisotopic (exact) mass is 282 g/mol. The summed E-state index contributed by atoms with van der Waals surface area (Å²) in [6.45, 7) is 8.39. The van der Waals surface area contributed by atoms with Crippen LogP contribution < -0.4 is 0 Å². The molecule has 0 spiro atoms. The van der Waals surface area contributed by atoms with E-state index in [0.717, 1.165) is 32.4 Å². The number of aliphatic hydroxyl groups excluding tert-OH is 1. The average Bonchev–Trinajstić information content (AvgIpc) is 2.45. The molecule has 0 radical (unpaired) electrons. The summed E-state index contributed by atoms with van der Waals surface area (Å²) in [6.07, 6.45) is 7.49. The van der Waals surface area contributed by atoms with E-state index in [2.05, 4.69) is 24.8 Å². The first-order valence-corrected chi connectivity index (χ1v) is 7.94. The number of rotatable bonds is 8. The summed E-state index contributed by atoms with van der Waals surface area (Å²) in [7, 11) is 0. The minimum atomic E-state index is 0.181. The zero-order valence-electron chi connectivity index (χ0n) is 13.3. The normalized spacial score (nSPS) is 15.6. The van der Waals surface area contributed by atoms with Crippen molar-refractivity contribution in [1.82, 2.24) is 9.80 Å². The molecule has 4 nitrogen and oxygen atoms in total. The van der Waals surface area contributed by atoms with Crippen LogP contribution in [-0.4, -0.2) is 53.1 Å². The number of amides is 1. The maximum atomic E-state index is 12.5. The van der Waals surface area contributed by atoms with Crippen LogP contribution in [0.25, 0.3) is 0 Å². The van der Waals surface area contributed by atoms with Crippen molar-refractivity contribution in [2.75, 3.05) is 26.2 Å². The van der Waals surface area contributed by atoms with Crippen LogP contribution in [0, 0.1) is 0 Å². The largest absolute Gasteiger partial charge is 0.396 e. The Morgan fingerprint density at radius 1 is 1.40 bits per heavy atom. The van der Waals surface area contributed by atoms with Crippen molar-refractivity contribution in [3.05, 3.63) is 11.8 Å². The molecule has 1 amide bonds. The zero-order chi connectivity index (χ0) is 15.0. The molecule has 0 aromatic heterocycles. The number of allylic oxidation sites excluding steroid dienone is 2. The fourth-order valence-electron chi connectivity index (χ4n) is 2.66. The summed E-state index contributed by atoms with van der Waals surface area (Å²) in [5, 5.41) is 8.96. The van der Waals surface area contributed by atoms with Crippen LogP contribution in [0.5, 0.6) is 0 Å². The van der Waals surface area contributed by atoms with Gasteiger partial charge >= 0.3 is 0 Å². The predicted octanol–water partition coefficient (Wildman–Crippen LogP) is 2.39. The number of aliphatic hydroxyl groups is 1. The fourth-order valence-corrected chi connectivity index (χ4v) is 2.66. The Kier molecular flexibility index (Phi) is 7.85. The third kappa shape index (κ3) is 5.25. The quantitative estimate of drug-likeness (QED) is 0.743. The highest BCUT2D eigenvalue weighted by atomic mass is 16.3. The second-order valence-electron chi connectivity index (χ2n) is 5.72. The lowest BCUT2D eigenvalue weighted by molar-refractivity contribution is -0.131. The van der Waals surface area contributed by atoms with Gasteiger partial charge in [-0.1, -0.05) is 6.08 Å². The van der Waals surface area contributed by atoms with E-state index in [9.17, 15) is 4.79 Å². The van der Waals surface area contributed by atoms with E-state index in [-0.39, 0.29) is 12.5 Å². The van der Waals surface area contributed by atoms with Crippen molar-refractivity contribution in [2.24, 2.45) is 0 Å². The van der Waals surface area contributed by atoms with Gasteiger partial charge in [0, 0.05) is 31.4 Å². The Labute approximate surface area is 123 Å². The zero-order valence-corrected chi connectivity index (χ0v) is 13.3. The second kappa shape index (κ2) is 9.14. The molecule has 0 fully saturated rings. The van der Waals surface area contributed by atoms with E-state index in [4.69, 9.17) is 5.11 Å². The van der Waals surface area contributed by atoms with Crippen LogP contribution in [0.1, 0.15) is 52.9 Å². The first-order valence-electron chi connectivity index (χ1n) is 7.94. The molecule has 0 heterocycles. The Morgan fingerprint density at radius 2 is 2.15 bits per heavy atom. The van der Waals surface area contributed by atoms with Gasteiger partial charge in [-0.05, 0) is 52.9 Å². The SMILES string of the molecule is CCN(C(=O)CN(CCCO)C(C)C)C1=CCCCC1.